The number of benzene rings is 1. The molecule has 1 aromatic rings. The summed E-state index contributed by atoms with van der Waals surface area (Å²) in [5, 5.41) is 9.05. The van der Waals surface area contributed by atoms with Crippen LogP contribution >= 0.6 is 0 Å². The molecule has 18 heavy (non-hydrogen) atoms. The second kappa shape index (κ2) is 5.48. The van der Waals surface area contributed by atoms with E-state index in [0.717, 1.165) is 37.1 Å². The molecule has 0 radical (unpaired) electrons. The molecule has 0 bridgehead atoms. The number of halogens is 1. The van der Waals surface area contributed by atoms with Gasteiger partial charge < -0.3 is 5.11 Å². The van der Waals surface area contributed by atoms with Crippen molar-refractivity contribution >= 4 is 5.97 Å². The van der Waals surface area contributed by atoms with Gasteiger partial charge in [0.25, 0.3) is 0 Å². The van der Waals surface area contributed by atoms with Gasteiger partial charge in [0.2, 0.25) is 0 Å². The van der Waals surface area contributed by atoms with Gasteiger partial charge in [0.1, 0.15) is 5.82 Å². The fourth-order valence-corrected chi connectivity index (χ4v) is 2.62. The van der Waals surface area contributed by atoms with Gasteiger partial charge in [-0.1, -0.05) is 6.07 Å². The zero-order chi connectivity index (χ0) is 13.1. The molecule has 0 spiro atoms. The lowest BCUT2D eigenvalue weighted by Gasteiger charge is -2.27. The maximum atomic E-state index is 13.4. The number of hydrogen-bond acceptors (Lipinski definition) is 2. The van der Waals surface area contributed by atoms with Gasteiger partial charge in [-0.05, 0) is 56.1 Å². The Labute approximate surface area is 106 Å². The first-order valence-electron chi connectivity index (χ1n) is 6.30. The quantitative estimate of drug-likeness (QED) is 0.894. The normalized spacial score (nSPS) is 17.9. The van der Waals surface area contributed by atoms with Gasteiger partial charge in [-0.3, -0.25) is 9.69 Å². The minimum atomic E-state index is -0.837. The Hall–Kier alpha value is -1.42. The minimum absolute atomic E-state index is 0.0320. The number of nitrogens with zero attached hydrogens (tertiary/aromatic N) is 1. The van der Waals surface area contributed by atoms with Crippen molar-refractivity contribution in [3.05, 3.63) is 35.1 Å². The zero-order valence-electron chi connectivity index (χ0n) is 10.5. The Morgan fingerprint density at radius 1 is 1.44 bits per heavy atom. The summed E-state index contributed by atoms with van der Waals surface area (Å²) in [6.45, 7) is 3.70. The second-order valence-electron chi connectivity index (χ2n) is 4.86. The highest BCUT2D eigenvalue weighted by Gasteiger charge is 2.26. The van der Waals surface area contributed by atoms with E-state index in [9.17, 15) is 9.18 Å². The van der Waals surface area contributed by atoms with E-state index < -0.39 is 5.97 Å². The van der Waals surface area contributed by atoms with Crippen molar-refractivity contribution in [3.63, 3.8) is 0 Å². The van der Waals surface area contributed by atoms with Gasteiger partial charge in [0, 0.05) is 6.04 Å². The average Bonchev–Trinajstić information content (AvgIpc) is 2.82. The first-order chi connectivity index (χ1) is 8.58. The van der Waals surface area contributed by atoms with Gasteiger partial charge in [-0.2, -0.15) is 0 Å². The topological polar surface area (TPSA) is 40.5 Å². The fourth-order valence-electron chi connectivity index (χ4n) is 2.62. The van der Waals surface area contributed by atoms with Gasteiger partial charge in [-0.25, -0.2) is 4.39 Å². The number of carbonyl (C=O) groups is 1. The molecule has 4 heteroatoms. The molecule has 1 aliphatic heterocycles. The summed E-state index contributed by atoms with van der Waals surface area (Å²) in [6.07, 6.45) is 2.21. The van der Waals surface area contributed by atoms with Crippen molar-refractivity contribution in [2.75, 3.05) is 13.1 Å². The molecule has 0 aromatic heterocycles. The summed E-state index contributed by atoms with van der Waals surface area (Å²) in [6, 6.07) is 4.40. The van der Waals surface area contributed by atoms with E-state index in [2.05, 4.69) is 4.90 Å². The largest absolute Gasteiger partial charge is 0.481 e. The monoisotopic (exact) mass is 251 g/mol. The van der Waals surface area contributed by atoms with Crippen LogP contribution in [0.15, 0.2) is 18.2 Å². The smallest absolute Gasteiger partial charge is 0.305 e. The number of aliphatic carboxylic acids is 1. The van der Waals surface area contributed by atoms with Crippen LogP contribution in [0.5, 0.6) is 0 Å². The summed E-state index contributed by atoms with van der Waals surface area (Å²) in [4.78, 5) is 13.2. The van der Waals surface area contributed by atoms with E-state index in [4.69, 9.17) is 5.11 Å². The van der Waals surface area contributed by atoms with Crippen LogP contribution in [0.25, 0.3) is 0 Å². The molecule has 1 heterocycles. The van der Waals surface area contributed by atoms with Crippen LogP contribution in [0.2, 0.25) is 0 Å². The molecule has 3 nitrogen and oxygen atoms in total. The lowest BCUT2D eigenvalue weighted by molar-refractivity contribution is -0.138. The summed E-state index contributed by atoms with van der Waals surface area (Å²) in [7, 11) is 0. The third kappa shape index (κ3) is 2.88. The number of aryl methyl sites for hydroxylation is 1. The van der Waals surface area contributed by atoms with Crippen molar-refractivity contribution in [1.29, 1.82) is 0 Å². The van der Waals surface area contributed by atoms with Gasteiger partial charge in [0.05, 0.1) is 6.42 Å². The molecule has 1 saturated heterocycles. The van der Waals surface area contributed by atoms with Crippen LogP contribution in [0.1, 0.15) is 36.4 Å². The lowest BCUT2D eigenvalue weighted by Crippen LogP contribution is -2.28. The molecule has 2 rings (SSSR count). The molecule has 0 aliphatic carbocycles. The Balaban J connectivity index is 2.31. The van der Waals surface area contributed by atoms with E-state index in [-0.39, 0.29) is 18.3 Å². The van der Waals surface area contributed by atoms with E-state index in [0.29, 0.717) is 0 Å². The van der Waals surface area contributed by atoms with Gasteiger partial charge >= 0.3 is 5.97 Å². The zero-order valence-corrected chi connectivity index (χ0v) is 10.5. The summed E-state index contributed by atoms with van der Waals surface area (Å²) in [5.74, 6) is -1.14. The maximum absolute atomic E-state index is 13.4. The molecule has 98 valence electrons. The SMILES string of the molecule is Cc1ccc(F)cc1C(CC(=O)O)N1CCCC1. The summed E-state index contributed by atoms with van der Waals surface area (Å²) >= 11 is 0. The van der Waals surface area contributed by atoms with Crippen LogP contribution in [0.4, 0.5) is 4.39 Å². The van der Waals surface area contributed by atoms with Crippen molar-refractivity contribution in [3.8, 4) is 0 Å². The number of rotatable bonds is 4. The van der Waals surface area contributed by atoms with E-state index in [1.54, 1.807) is 6.07 Å². The Bertz CT molecular complexity index is 441. The number of carboxylic acids is 1. The van der Waals surface area contributed by atoms with Gasteiger partial charge in [-0.15, -0.1) is 0 Å². The van der Waals surface area contributed by atoms with E-state index >= 15 is 0 Å². The number of carboxylic acid groups (broad SMARTS) is 1. The molecule has 1 fully saturated rings. The fraction of sp³-hybridized carbons (Fsp3) is 0.500. The minimum Gasteiger partial charge on any atom is -0.481 e. The van der Waals surface area contributed by atoms with Crippen molar-refractivity contribution in [2.45, 2.75) is 32.2 Å². The predicted octanol–water partition coefficient (Wildman–Crippen LogP) is 2.75. The Morgan fingerprint density at radius 2 is 2.11 bits per heavy atom. The van der Waals surface area contributed by atoms with Crippen LogP contribution in [0, 0.1) is 12.7 Å². The molecular formula is C14H18FNO2. The molecular weight excluding hydrogens is 233 g/mol. The summed E-state index contributed by atoms with van der Waals surface area (Å²) < 4.78 is 13.4. The van der Waals surface area contributed by atoms with Crippen LogP contribution < -0.4 is 0 Å². The third-order valence-electron chi connectivity index (χ3n) is 3.55. The van der Waals surface area contributed by atoms with Gasteiger partial charge in [0.15, 0.2) is 0 Å². The van der Waals surface area contributed by atoms with Crippen molar-refractivity contribution in [2.24, 2.45) is 0 Å². The van der Waals surface area contributed by atoms with Crippen LogP contribution in [0.3, 0.4) is 0 Å². The Morgan fingerprint density at radius 3 is 2.72 bits per heavy atom. The average molecular weight is 251 g/mol. The molecule has 1 unspecified atom stereocenters. The molecule has 1 aromatic carbocycles. The highest BCUT2D eigenvalue weighted by atomic mass is 19.1. The van der Waals surface area contributed by atoms with E-state index in [1.165, 1.54) is 12.1 Å². The number of hydrogen-bond donors (Lipinski definition) is 1. The lowest BCUT2D eigenvalue weighted by atomic mass is 9.97. The Kier molecular flexibility index (Phi) is 3.97. The predicted molar refractivity (Wildman–Crippen MR) is 66.9 cm³/mol. The first-order valence-corrected chi connectivity index (χ1v) is 6.30. The maximum Gasteiger partial charge on any atom is 0.305 e. The molecule has 0 amide bonds. The highest BCUT2D eigenvalue weighted by molar-refractivity contribution is 5.68. The first kappa shape index (κ1) is 13.0. The summed E-state index contributed by atoms with van der Waals surface area (Å²) in [5.41, 5.74) is 1.76. The molecule has 1 atom stereocenters. The molecule has 0 saturated carbocycles. The third-order valence-corrected chi connectivity index (χ3v) is 3.55. The second-order valence-corrected chi connectivity index (χ2v) is 4.86. The van der Waals surface area contributed by atoms with Crippen molar-refractivity contribution in [1.82, 2.24) is 4.90 Å². The van der Waals surface area contributed by atoms with Crippen LogP contribution in [-0.4, -0.2) is 29.1 Å². The molecule has 1 N–H and O–H groups in total. The van der Waals surface area contributed by atoms with Crippen LogP contribution in [-0.2, 0) is 4.79 Å². The molecule has 1 aliphatic rings. The standard InChI is InChI=1S/C14H18FNO2/c1-10-4-5-11(15)8-12(10)13(9-14(17)18)16-6-2-3-7-16/h4-5,8,13H,2-3,6-7,9H2,1H3,(H,17,18). The van der Waals surface area contributed by atoms with E-state index in [1.807, 2.05) is 6.92 Å². The number of likely N-dealkylation sites (tertiary alicyclic amines) is 1. The van der Waals surface area contributed by atoms with Crippen molar-refractivity contribution < 1.29 is 14.3 Å². The highest BCUT2D eigenvalue weighted by Crippen LogP contribution is 2.30.